The lowest BCUT2D eigenvalue weighted by atomic mass is 10.1. The molecule has 1 saturated carbocycles. The first-order valence-electron chi connectivity index (χ1n) is 9.47. The Morgan fingerprint density at radius 2 is 1.90 bits per heavy atom. The van der Waals surface area contributed by atoms with Gasteiger partial charge in [-0.3, -0.25) is 4.79 Å². The van der Waals surface area contributed by atoms with E-state index in [1.165, 1.54) is 10.6 Å². The molecule has 0 radical (unpaired) electrons. The summed E-state index contributed by atoms with van der Waals surface area (Å²) in [6.07, 6.45) is 2.32. The molecule has 1 aromatic heterocycles. The van der Waals surface area contributed by atoms with Crippen molar-refractivity contribution in [3.8, 4) is 0 Å². The van der Waals surface area contributed by atoms with Crippen LogP contribution in [0, 0.1) is 23.3 Å². The molecule has 10 heteroatoms. The zero-order valence-corrected chi connectivity index (χ0v) is 16.0. The molecule has 162 valence electrons. The number of rotatable bonds is 6. The summed E-state index contributed by atoms with van der Waals surface area (Å²) in [4.78, 5) is 24.0. The van der Waals surface area contributed by atoms with Crippen molar-refractivity contribution in [1.29, 1.82) is 0 Å². The molecule has 1 fully saturated rings. The molecule has 6 nitrogen and oxygen atoms in total. The third-order valence-corrected chi connectivity index (χ3v) is 5.27. The fraction of sp³-hybridized carbons (Fsp3) is 0.238. The van der Waals surface area contributed by atoms with E-state index in [2.05, 4.69) is 5.32 Å². The van der Waals surface area contributed by atoms with Crippen LogP contribution >= 0.6 is 0 Å². The van der Waals surface area contributed by atoms with Crippen LogP contribution in [0.2, 0.25) is 0 Å². The van der Waals surface area contributed by atoms with Crippen LogP contribution in [0.5, 0.6) is 0 Å². The second kappa shape index (κ2) is 7.60. The molecular formula is C21H17F4N3O3. The minimum absolute atomic E-state index is 0.00365. The lowest BCUT2D eigenvalue weighted by Crippen LogP contribution is -2.22. The molecule has 0 bridgehead atoms. The molecule has 31 heavy (non-hydrogen) atoms. The number of hydrogen-bond donors (Lipinski definition) is 3. The SMILES string of the molecule is Nc1c(F)c(NCCc2ccc(F)cc2F)c(F)c2c1c(=O)c(C(=O)O)cn2C1CC1. The predicted molar refractivity (Wildman–Crippen MR) is 106 cm³/mol. The molecule has 0 aliphatic heterocycles. The van der Waals surface area contributed by atoms with Gasteiger partial charge in [0.2, 0.25) is 5.43 Å². The molecule has 0 unspecified atom stereocenters. The topological polar surface area (TPSA) is 97.3 Å². The van der Waals surface area contributed by atoms with E-state index in [9.17, 15) is 27.9 Å². The van der Waals surface area contributed by atoms with Crippen LogP contribution < -0.4 is 16.5 Å². The van der Waals surface area contributed by atoms with Crippen LogP contribution in [0.15, 0.2) is 29.2 Å². The summed E-state index contributed by atoms with van der Waals surface area (Å²) in [6, 6.07) is 2.77. The lowest BCUT2D eigenvalue weighted by molar-refractivity contribution is 0.0695. The Bertz CT molecular complexity index is 1290. The first-order valence-corrected chi connectivity index (χ1v) is 9.47. The van der Waals surface area contributed by atoms with Crippen LogP contribution in [0.25, 0.3) is 10.9 Å². The van der Waals surface area contributed by atoms with Gasteiger partial charge in [-0.05, 0) is 30.9 Å². The number of anilines is 2. The maximum atomic E-state index is 15.3. The molecule has 0 amide bonds. The van der Waals surface area contributed by atoms with Crippen molar-refractivity contribution in [2.45, 2.75) is 25.3 Å². The fourth-order valence-electron chi connectivity index (χ4n) is 3.56. The van der Waals surface area contributed by atoms with Gasteiger partial charge < -0.3 is 20.7 Å². The highest BCUT2D eigenvalue weighted by Crippen LogP contribution is 2.40. The Hall–Kier alpha value is -3.56. The highest BCUT2D eigenvalue weighted by Gasteiger charge is 2.31. The minimum atomic E-state index is -1.52. The van der Waals surface area contributed by atoms with Gasteiger partial charge in [-0.1, -0.05) is 6.07 Å². The molecule has 1 aliphatic rings. The summed E-state index contributed by atoms with van der Waals surface area (Å²) in [5.41, 5.74) is 2.66. The molecule has 1 heterocycles. The molecule has 4 N–H and O–H groups in total. The summed E-state index contributed by atoms with van der Waals surface area (Å²) in [7, 11) is 0. The smallest absolute Gasteiger partial charge is 0.341 e. The summed E-state index contributed by atoms with van der Waals surface area (Å²) in [5.74, 6) is -5.39. The number of aromatic carboxylic acids is 1. The molecule has 3 aromatic rings. The summed E-state index contributed by atoms with van der Waals surface area (Å²) >= 11 is 0. The number of pyridine rings is 1. The van der Waals surface area contributed by atoms with Crippen molar-refractivity contribution in [2.75, 3.05) is 17.6 Å². The number of carbonyl (C=O) groups is 1. The zero-order chi connectivity index (χ0) is 22.4. The second-order valence-electron chi connectivity index (χ2n) is 7.37. The third-order valence-electron chi connectivity index (χ3n) is 5.27. The van der Waals surface area contributed by atoms with Gasteiger partial charge >= 0.3 is 5.97 Å². The number of hydrogen-bond acceptors (Lipinski definition) is 4. The number of fused-ring (bicyclic) bond motifs is 1. The predicted octanol–water partition coefficient (Wildman–Crippen LogP) is 3.83. The summed E-state index contributed by atoms with van der Waals surface area (Å²) < 4.78 is 58.3. The fourth-order valence-corrected chi connectivity index (χ4v) is 3.56. The Labute approximate surface area is 172 Å². The second-order valence-corrected chi connectivity index (χ2v) is 7.37. The number of benzene rings is 2. The highest BCUT2D eigenvalue weighted by atomic mass is 19.1. The number of nitrogen functional groups attached to an aromatic ring is 1. The monoisotopic (exact) mass is 435 g/mol. The molecule has 2 aromatic carbocycles. The van der Waals surface area contributed by atoms with E-state index in [0.717, 1.165) is 12.3 Å². The van der Waals surface area contributed by atoms with Crippen LogP contribution in [0.1, 0.15) is 34.8 Å². The van der Waals surface area contributed by atoms with Crippen LogP contribution in [-0.2, 0) is 6.42 Å². The molecule has 0 saturated heterocycles. The maximum absolute atomic E-state index is 15.3. The number of nitrogens with one attached hydrogen (secondary N) is 1. The van der Waals surface area contributed by atoms with Gasteiger partial charge in [0, 0.05) is 24.8 Å². The average Bonchev–Trinajstić information content (AvgIpc) is 3.55. The van der Waals surface area contributed by atoms with Gasteiger partial charge in [0.05, 0.1) is 16.6 Å². The third kappa shape index (κ3) is 3.58. The van der Waals surface area contributed by atoms with Crippen molar-refractivity contribution in [2.24, 2.45) is 0 Å². The van der Waals surface area contributed by atoms with Crippen molar-refractivity contribution in [1.82, 2.24) is 4.57 Å². The summed E-state index contributed by atoms with van der Waals surface area (Å²) in [5, 5.41) is 11.3. The number of halogens is 4. The van der Waals surface area contributed by atoms with Gasteiger partial charge in [0.25, 0.3) is 0 Å². The van der Waals surface area contributed by atoms with Gasteiger partial charge in [-0.15, -0.1) is 0 Å². The van der Waals surface area contributed by atoms with Gasteiger partial charge in [0.15, 0.2) is 11.6 Å². The normalized spacial score (nSPS) is 13.5. The van der Waals surface area contributed by atoms with Crippen molar-refractivity contribution < 1.29 is 27.5 Å². The molecule has 4 rings (SSSR count). The van der Waals surface area contributed by atoms with Crippen LogP contribution in [-0.4, -0.2) is 22.2 Å². The van der Waals surface area contributed by atoms with E-state index in [-0.39, 0.29) is 30.1 Å². The van der Waals surface area contributed by atoms with E-state index < -0.39 is 57.0 Å². The van der Waals surface area contributed by atoms with Gasteiger partial charge in [-0.2, -0.15) is 0 Å². The van der Waals surface area contributed by atoms with E-state index >= 15 is 4.39 Å². The Morgan fingerprint density at radius 3 is 2.52 bits per heavy atom. The standard InChI is InChI=1S/C21H17F4N3O3/c22-10-2-1-9(13(23)7-10)5-6-27-18-15(24)17(26)14-19(16(18)25)28(11-3-4-11)8-12(20(14)29)21(30)31/h1-2,7-8,11,27H,3-6,26H2,(H,30,31). The van der Waals surface area contributed by atoms with Crippen LogP contribution in [0.4, 0.5) is 28.9 Å². The van der Waals surface area contributed by atoms with E-state index in [1.807, 2.05) is 0 Å². The Kier molecular flexibility index (Phi) is 5.08. The first-order chi connectivity index (χ1) is 14.7. The Morgan fingerprint density at radius 1 is 1.19 bits per heavy atom. The molecule has 0 spiro atoms. The first kappa shape index (κ1) is 20.7. The number of nitrogens with two attached hydrogens (primary N) is 1. The quantitative estimate of drug-likeness (QED) is 0.404. The molecule has 0 atom stereocenters. The largest absolute Gasteiger partial charge is 0.477 e. The molecule has 1 aliphatic carbocycles. The van der Waals surface area contributed by atoms with E-state index in [4.69, 9.17) is 5.73 Å². The van der Waals surface area contributed by atoms with Gasteiger partial charge in [0.1, 0.15) is 22.9 Å². The average molecular weight is 435 g/mol. The highest BCUT2D eigenvalue weighted by molar-refractivity contribution is 5.99. The van der Waals surface area contributed by atoms with Crippen LogP contribution in [0.3, 0.4) is 0 Å². The van der Waals surface area contributed by atoms with E-state index in [1.54, 1.807) is 0 Å². The number of nitrogens with zero attached hydrogens (tertiary/aromatic N) is 1. The van der Waals surface area contributed by atoms with Crippen molar-refractivity contribution in [3.63, 3.8) is 0 Å². The number of carboxylic acids is 1. The van der Waals surface area contributed by atoms with E-state index in [0.29, 0.717) is 18.9 Å². The van der Waals surface area contributed by atoms with Gasteiger partial charge in [-0.25, -0.2) is 22.4 Å². The zero-order valence-electron chi connectivity index (χ0n) is 16.0. The maximum Gasteiger partial charge on any atom is 0.341 e. The Balaban J connectivity index is 1.78. The van der Waals surface area contributed by atoms with Crippen molar-refractivity contribution in [3.05, 3.63) is 69.0 Å². The number of aromatic nitrogens is 1. The summed E-state index contributed by atoms with van der Waals surface area (Å²) in [6.45, 7) is -0.109. The van der Waals surface area contributed by atoms with Crippen molar-refractivity contribution >= 4 is 28.2 Å². The number of carboxylic acid groups (broad SMARTS) is 1. The lowest BCUT2D eigenvalue weighted by Gasteiger charge is -2.18. The minimum Gasteiger partial charge on any atom is -0.477 e. The molecular weight excluding hydrogens is 418 g/mol.